The van der Waals surface area contributed by atoms with Gasteiger partial charge in [-0.2, -0.15) is 0 Å². The summed E-state index contributed by atoms with van der Waals surface area (Å²) in [6, 6.07) is 12.6. The van der Waals surface area contributed by atoms with E-state index in [1.165, 1.54) is 11.1 Å². The minimum atomic E-state index is 0.604. The Hall–Kier alpha value is -3.29. The largest absolute Gasteiger partial charge is 0.497 e. The van der Waals surface area contributed by atoms with Gasteiger partial charge in [-0.05, 0) is 51.5 Å². The first kappa shape index (κ1) is 16.1. The Morgan fingerprint density at radius 2 is 1.61 bits per heavy atom. The van der Waals surface area contributed by atoms with Crippen molar-refractivity contribution in [1.82, 2.24) is 15.4 Å². The van der Waals surface area contributed by atoms with Crippen LogP contribution < -0.4 is 25.7 Å². The third-order valence-corrected chi connectivity index (χ3v) is 2.96. The van der Waals surface area contributed by atoms with Crippen LogP contribution in [-0.2, 0) is 0 Å². The van der Waals surface area contributed by atoms with Gasteiger partial charge >= 0.3 is 0 Å². The Labute approximate surface area is 133 Å². The van der Waals surface area contributed by atoms with Crippen LogP contribution in [0.25, 0.3) is 5.69 Å². The van der Waals surface area contributed by atoms with E-state index in [1.54, 1.807) is 44.6 Å². The molecule has 5 N–H and O–H groups in total. The number of nitrogens with one attached hydrogen (secondary N) is 1. The molecule has 8 nitrogen and oxygen atoms in total. The molecule has 2 aromatic carbocycles. The lowest BCUT2D eigenvalue weighted by Gasteiger charge is -2.01. The predicted molar refractivity (Wildman–Crippen MR) is 86.3 cm³/mol. The molecular weight excluding hydrogens is 296 g/mol. The highest BCUT2D eigenvalue weighted by molar-refractivity contribution is 5.55. The van der Waals surface area contributed by atoms with Crippen LogP contribution in [0.3, 0.4) is 0 Å². The molecule has 0 amide bonds. The quantitative estimate of drug-likeness (QED) is 0.489. The summed E-state index contributed by atoms with van der Waals surface area (Å²) < 4.78 is 9.99. The lowest BCUT2D eigenvalue weighted by molar-refractivity contribution is -0.716. The van der Waals surface area contributed by atoms with Gasteiger partial charge in [0.25, 0.3) is 6.33 Å². The fourth-order valence-corrected chi connectivity index (χ4v) is 1.74. The number of anilines is 2. The van der Waals surface area contributed by atoms with Crippen molar-refractivity contribution in [3.05, 3.63) is 48.8 Å². The number of nitrogens with zero attached hydrogens (tertiary/aromatic N) is 3. The molecular formula is C15H19N6O2+. The summed E-state index contributed by atoms with van der Waals surface area (Å²) in [6.07, 6.45) is 1.40. The molecule has 3 rings (SSSR count). The molecule has 0 aliphatic heterocycles. The van der Waals surface area contributed by atoms with Crippen molar-refractivity contribution in [3.63, 3.8) is 0 Å². The lowest BCUT2D eigenvalue weighted by atomic mass is 10.2. The Balaban J connectivity index is 0.000000185. The SMILES string of the molecule is COc1ccc(N)c(-[n+]2ncn[nH]2)c1.COc1ccc(N)cc1. The zero-order chi connectivity index (χ0) is 16.7. The summed E-state index contributed by atoms with van der Waals surface area (Å²) in [5.74, 6) is 1.56. The fraction of sp³-hybridized carbons (Fsp3) is 0.133. The van der Waals surface area contributed by atoms with E-state index in [1.807, 2.05) is 12.1 Å². The Kier molecular flexibility index (Phi) is 5.35. The summed E-state index contributed by atoms with van der Waals surface area (Å²) in [4.78, 5) is 1.47. The van der Waals surface area contributed by atoms with Crippen LogP contribution in [0.15, 0.2) is 48.8 Å². The first-order chi connectivity index (χ1) is 11.1. The number of hydrogen-bond acceptors (Lipinski definition) is 6. The zero-order valence-electron chi connectivity index (χ0n) is 12.9. The summed E-state index contributed by atoms with van der Waals surface area (Å²) >= 11 is 0. The number of rotatable bonds is 3. The standard InChI is InChI=1S/C8H9N5O.C7H9NO/c1-14-6-2-3-7(9)8(4-6)13-11-5-10-12-13;1-9-7-4-2-6(8)3-5-7/h2-5H,9H2,1H3;2-5H,8H2,1H3/p+1. The average molecular weight is 315 g/mol. The molecule has 0 aliphatic rings. The number of aromatic amines is 1. The maximum Gasteiger partial charge on any atom is 0.297 e. The van der Waals surface area contributed by atoms with Gasteiger partial charge in [0.15, 0.2) is 0 Å². The van der Waals surface area contributed by atoms with Crippen LogP contribution in [0.5, 0.6) is 11.5 Å². The normalized spacial score (nSPS) is 9.65. The number of tetrazole rings is 1. The average Bonchev–Trinajstić information content (AvgIpc) is 3.11. The van der Waals surface area contributed by atoms with Crippen LogP contribution in [0, 0.1) is 0 Å². The Morgan fingerprint density at radius 1 is 0.957 bits per heavy atom. The van der Waals surface area contributed by atoms with Gasteiger partial charge in [-0.1, -0.05) is 0 Å². The monoisotopic (exact) mass is 315 g/mol. The van der Waals surface area contributed by atoms with Gasteiger partial charge in [-0.3, -0.25) is 0 Å². The second kappa shape index (κ2) is 7.64. The number of hydrogen-bond donors (Lipinski definition) is 3. The number of ether oxygens (including phenoxy) is 2. The summed E-state index contributed by atoms with van der Waals surface area (Å²) in [5.41, 5.74) is 13.3. The van der Waals surface area contributed by atoms with Crippen LogP contribution in [0.2, 0.25) is 0 Å². The predicted octanol–water partition coefficient (Wildman–Crippen LogP) is 0.950. The number of nitrogens with two attached hydrogens (primary N) is 2. The van der Waals surface area contributed by atoms with Crippen LogP contribution in [0.4, 0.5) is 11.4 Å². The van der Waals surface area contributed by atoms with Crippen LogP contribution >= 0.6 is 0 Å². The van der Waals surface area contributed by atoms with Crippen molar-refractivity contribution in [2.45, 2.75) is 0 Å². The highest BCUT2D eigenvalue weighted by Gasteiger charge is 2.10. The molecule has 0 fully saturated rings. The number of benzene rings is 2. The Bertz CT molecular complexity index is 728. The maximum atomic E-state index is 5.77. The topological polar surface area (TPSA) is 116 Å². The third-order valence-electron chi connectivity index (χ3n) is 2.96. The van der Waals surface area contributed by atoms with Gasteiger partial charge in [0.1, 0.15) is 11.5 Å². The number of nitrogen functional groups attached to an aromatic ring is 2. The summed E-state index contributed by atoms with van der Waals surface area (Å²) in [7, 11) is 3.23. The van der Waals surface area contributed by atoms with Crippen molar-refractivity contribution in [1.29, 1.82) is 0 Å². The van der Waals surface area contributed by atoms with Crippen molar-refractivity contribution in [2.75, 3.05) is 25.7 Å². The molecule has 1 heterocycles. The molecule has 0 aliphatic carbocycles. The minimum absolute atomic E-state index is 0.604. The fourth-order valence-electron chi connectivity index (χ4n) is 1.74. The zero-order valence-corrected chi connectivity index (χ0v) is 12.9. The number of methoxy groups -OCH3 is 2. The molecule has 0 radical (unpaired) electrons. The van der Waals surface area contributed by atoms with Gasteiger partial charge in [0.2, 0.25) is 5.69 Å². The van der Waals surface area contributed by atoms with E-state index in [9.17, 15) is 0 Å². The van der Waals surface area contributed by atoms with Gasteiger partial charge < -0.3 is 20.9 Å². The highest BCUT2D eigenvalue weighted by Crippen LogP contribution is 2.18. The molecule has 23 heavy (non-hydrogen) atoms. The molecule has 8 heteroatoms. The molecule has 3 aromatic rings. The molecule has 120 valence electrons. The molecule has 0 bridgehead atoms. The first-order valence-electron chi connectivity index (χ1n) is 6.75. The highest BCUT2D eigenvalue weighted by atomic mass is 16.5. The van der Waals surface area contributed by atoms with Gasteiger partial charge in [-0.25, -0.2) is 0 Å². The van der Waals surface area contributed by atoms with Gasteiger partial charge in [0.05, 0.1) is 25.0 Å². The second-order valence-corrected chi connectivity index (χ2v) is 4.47. The van der Waals surface area contributed by atoms with E-state index < -0.39 is 0 Å². The van der Waals surface area contributed by atoms with E-state index in [2.05, 4.69) is 15.4 Å². The van der Waals surface area contributed by atoms with E-state index in [-0.39, 0.29) is 0 Å². The van der Waals surface area contributed by atoms with Crippen molar-refractivity contribution in [3.8, 4) is 17.2 Å². The van der Waals surface area contributed by atoms with E-state index >= 15 is 0 Å². The van der Waals surface area contributed by atoms with Crippen LogP contribution in [0.1, 0.15) is 0 Å². The number of aromatic nitrogens is 4. The molecule has 0 unspecified atom stereocenters. The third kappa shape index (κ3) is 4.34. The van der Waals surface area contributed by atoms with Gasteiger partial charge in [-0.15, -0.1) is 0 Å². The lowest BCUT2D eigenvalue weighted by Crippen LogP contribution is -2.36. The molecule has 1 aromatic heterocycles. The number of H-pyrrole nitrogens is 1. The van der Waals surface area contributed by atoms with Crippen LogP contribution in [-0.4, -0.2) is 29.6 Å². The van der Waals surface area contributed by atoms with Crippen molar-refractivity contribution in [2.24, 2.45) is 0 Å². The second-order valence-electron chi connectivity index (χ2n) is 4.47. The first-order valence-corrected chi connectivity index (χ1v) is 6.75. The molecule has 0 saturated carbocycles. The smallest absolute Gasteiger partial charge is 0.297 e. The van der Waals surface area contributed by atoms with E-state index in [4.69, 9.17) is 20.9 Å². The Morgan fingerprint density at radius 3 is 2.17 bits per heavy atom. The minimum Gasteiger partial charge on any atom is -0.497 e. The molecule has 0 atom stereocenters. The summed E-state index contributed by atoms with van der Waals surface area (Å²) in [5, 5.41) is 10.3. The van der Waals surface area contributed by atoms with Gasteiger partial charge in [0, 0.05) is 11.8 Å². The summed E-state index contributed by atoms with van der Waals surface area (Å²) in [6.45, 7) is 0. The van der Waals surface area contributed by atoms with E-state index in [0.29, 0.717) is 11.4 Å². The molecule has 0 saturated heterocycles. The van der Waals surface area contributed by atoms with Crippen molar-refractivity contribution >= 4 is 11.4 Å². The maximum absolute atomic E-state index is 5.77. The molecule has 0 spiro atoms. The van der Waals surface area contributed by atoms with Crippen molar-refractivity contribution < 1.29 is 14.3 Å². The van der Waals surface area contributed by atoms with E-state index in [0.717, 1.165) is 17.2 Å².